The summed E-state index contributed by atoms with van der Waals surface area (Å²) in [6.07, 6.45) is 0.121. The van der Waals surface area contributed by atoms with Gasteiger partial charge >= 0.3 is 0 Å². The van der Waals surface area contributed by atoms with Crippen LogP contribution in [0.2, 0.25) is 5.02 Å². The lowest BCUT2D eigenvalue weighted by Crippen LogP contribution is -2.03. The molecule has 2 aromatic rings. The number of methoxy groups -OCH3 is 1. The molecule has 0 amide bonds. The van der Waals surface area contributed by atoms with Crippen molar-refractivity contribution in [3.63, 3.8) is 0 Å². The van der Waals surface area contributed by atoms with Crippen molar-refractivity contribution in [1.29, 1.82) is 0 Å². The van der Waals surface area contributed by atoms with E-state index in [-0.39, 0.29) is 6.42 Å². The molecule has 0 spiro atoms. The van der Waals surface area contributed by atoms with Crippen molar-refractivity contribution >= 4 is 17.3 Å². The van der Waals surface area contributed by atoms with E-state index in [1.807, 2.05) is 18.2 Å². The number of rotatable bonds is 4. The number of halogens is 2. The Bertz CT molecular complexity index is 659. The molecule has 0 bridgehead atoms. The fourth-order valence-electron chi connectivity index (χ4n) is 2.84. The maximum Gasteiger partial charge on any atom is 0.131 e. The number of para-hydroxylation sites is 1. The Morgan fingerprint density at radius 1 is 1.33 bits per heavy atom. The molecule has 1 aliphatic heterocycles. The molecule has 2 nitrogen and oxygen atoms in total. The van der Waals surface area contributed by atoms with Gasteiger partial charge in [-0.05, 0) is 35.7 Å². The zero-order valence-electron chi connectivity index (χ0n) is 11.8. The van der Waals surface area contributed by atoms with Gasteiger partial charge in [0.2, 0.25) is 0 Å². The van der Waals surface area contributed by atoms with E-state index in [0.717, 1.165) is 24.2 Å². The van der Waals surface area contributed by atoms with Crippen LogP contribution in [0.4, 0.5) is 10.1 Å². The summed E-state index contributed by atoms with van der Waals surface area (Å²) >= 11 is 6.01. The minimum Gasteiger partial charge on any atom is -0.496 e. The van der Waals surface area contributed by atoms with Gasteiger partial charge in [-0.1, -0.05) is 29.8 Å². The summed E-state index contributed by atoms with van der Waals surface area (Å²) in [5, 5.41) is 3.87. The second-order valence-electron chi connectivity index (χ2n) is 5.19. The Morgan fingerprint density at radius 3 is 3.00 bits per heavy atom. The van der Waals surface area contributed by atoms with Gasteiger partial charge in [0.1, 0.15) is 11.9 Å². The third kappa shape index (κ3) is 2.84. The minimum absolute atomic E-state index is 0.252. The monoisotopic (exact) mass is 305 g/mol. The quantitative estimate of drug-likeness (QED) is 0.893. The first kappa shape index (κ1) is 14.2. The number of benzene rings is 2. The molecular weight excluding hydrogens is 289 g/mol. The van der Waals surface area contributed by atoms with Gasteiger partial charge in [-0.25, -0.2) is 4.39 Å². The van der Waals surface area contributed by atoms with Crippen LogP contribution in [0.15, 0.2) is 36.4 Å². The molecule has 1 heterocycles. The smallest absolute Gasteiger partial charge is 0.131 e. The van der Waals surface area contributed by atoms with Gasteiger partial charge < -0.3 is 10.1 Å². The molecule has 0 saturated carbocycles. The van der Waals surface area contributed by atoms with E-state index in [0.29, 0.717) is 16.3 Å². The number of alkyl halides is 1. The first-order chi connectivity index (χ1) is 10.2. The molecular formula is C17H17ClFNO. The Kier molecular flexibility index (Phi) is 4.02. The molecule has 0 radical (unpaired) electrons. The van der Waals surface area contributed by atoms with Crippen LogP contribution in [0.1, 0.15) is 22.9 Å². The lowest BCUT2D eigenvalue weighted by atomic mass is 9.98. The molecule has 2 aromatic carbocycles. The highest BCUT2D eigenvalue weighted by atomic mass is 35.5. The van der Waals surface area contributed by atoms with E-state index < -0.39 is 6.17 Å². The van der Waals surface area contributed by atoms with Gasteiger partial charge in [-0.2, -0.15) is 0 Å². The third-order valence-electron chi connectivity index (χ3n) is 3.86. The van der Waals surface area contributed by atoms with Gasteiger partial charge in [-0.15, -0.1) is 0 Å². The van der Waals surface area contributed by atoms with Crippen molar-refractivity contribution in [2.75, 3.05) is 19.0 Å². The van der Waals surface area contributed by atoms with Crippen molar-refractivity contribution in [2.24, 2.45) is 0 Å². The van der Waals surface area contributed by atoms with Crippen LogP contribution in [0.25, 0.3) is 0 Å². The molecule has 1 N–H and O–H groups in total. The summed E-state index contributed by atoms with van der Waals surface area (Å²) in [6.45, 7) is 0.875. The fourth-order valence-corrected chi connectivity index (χ4v) is 3.03. The van der Waals surface area contributed by atoms with Crippen LogP contribution >= 0.6 is 11.6 Å². The first-order valence-corrected chi connectivity index (χ1v) is 7.39. The Balaban J connectivity index is 1.89. The molecule has 1 unspecified atom stereocenters. The molecule has 0 saturated heterocycles. The van der Waals surface area contributed by atoms with Crippen LogP contribution in [0.3, 0.4) is 0 Å². The number of ether oxygens (including phenoxy) is 1. The highest BCUT2D eigenvalue weighted by Crippen LogP contribution is 2.36. The lowest BCUT2D eigenvalue weighted by Gasteiger charge is -2.15. The lowest BCUT2D eigenvalue weighted by molar-refractivity contribution is 0.335. The maximum atomic E-state index is 14.8. The minimum atomic E-state index is -1.09. The van der Waals surface area contributed by atoms with Crippen molar-refractivity contribution in [2.45, 2.75) is 19.0 Å². The molecule has 21 heavy (non-hydrogen) atoms. The molecule has 4 heteroatoms. The van der Waals surface area contributed by atoms with Crippen molar-refractivity contribution < 1.29 is 9.13 Å². The predicted molar refractivity (Wildman–Crippen MR) is 84.2 cm³/mol. The summed E-state index contributed by atoms with van der Waals surface area (Å²) in [7, 11) is 1.59. The van der Waals surface area contributed by atoms with Gasteiger partial charge in [0.05, 0.1) is 7.11 Å². The van der Waals surface area contributed by atoms with Crippen LogP contribution in [0, 0.1) is 0 Å². The Morgan fingerprint density at radius 2 is 2.19 bits per heavy atom. The number of fused-ring (bicyclic) bond motifs is 1. The molecule has 110 valence electrons. The number of anilines is 1. The summed E-state index contributed by atoms with van der Waals surface area (Å²) < 4.78 is 20.1. The number of nitrogens with one attached hydrogen (secondary N) is 1. The van der Waals surface area contributed by atoms with Crippen molar-refractivity contribution in [3.05, 3.63) is 58.1 Å². The van der Waals surface area contributed by atoms with E-state index in [2.05, 4.69) is 5.32 Å². The second kappa shape index (κ2) is 5.94. The van der Waals surface area contributed by atoms with E-state index >= 15 is 0 Å². The zero-order valence-corrected chi connectivity index (χ0v) is 12.6. The maximum absolute atomic E-state index is 14.8. The van der Waals surface area contributed by atoms with E-state index in [1.54, 1.807) is 25.3 Å². The molecule has 0 aromatic heterocycles. The predicted octanol–water partition coefficient (Wildman–Crippen LogP) is 4.57. The molecule has 1 aliphatic rings. The normalized spacial score (nSPS) is 14.4. The molecule has 1 atom stereocenters. The highest BCUT2D eigenvalue weighted by Gasteiger charge is 2.21. The number of hydrogen-bond donors (Lipinski definition) is 1. The van der Waals surface area contributed by atoms with Crippen LogP contribution in [0.5, 0.6) is 5.75 Å². The SMILES string of the molecule is COc1ccc(Cl)cc1CC(F)c1cccc2c1NCC2. The van der Waals surface area contributed by atoms with Gasteiger partial charge in [0, 0.05) is 29.2 Å². The van der Waals surface area contributed by atoms with Crippen molar-refractivity contribution in [1.82, 2.24) is 0 Å². The standard InChI is InChI=1S/C17H17ClFNO/c1-21-16-6-5-13(18)9-12(16)10-15(19)14-4-2-3-11-7-8-20-17(11)14/h2-6,9,15,20H,7-8,10H2,1H3. The third-order valence-corrected chi connectivity index (χ3v) is 4.09. The van der Waals surface area contributed by atoms with Crippen molar-refractivity contribution in [3.8, 4) is 5.75 Å². The van der Waals surface area contributed by atoms with Gasteiger partial charge in [0.25, 0.3) is 0 Å². The van der Waals surface area contributed by atoms with Crippen LogP contribution in [-0.4, -0.2) is 13.7 Å². The summed E-state index contributed by atoms with van der Waals surface area (Å²) in [5.74, 6) is 0.669. The first-order valence-electron chi connectivity index (χ1n) is 7.01. The molecule has 0 fully saturated rings. The van der Waals surface area contributed by atoms with E-state index in [4.69, 9.17) is 16.3 Å². The van der Waals surface area contributed by atoms with E-state index in [1.165, 1.54) is 5.56 Å². The summed E-state index contributed by atoms with van der Waals surface area (Å²) in [5.41, 5.74) is 3.64. The van der Waals surface area contributed by atoms with E-state index in [9.17, 15) is 4.39 Å². The Hall–Kier alpha value is -1.74. The average molecular weight is 306 g/mol. The Labute approximate surface area is 128 Å². The summed E-state index contributed by atoms with van der Waals surface area (Å²) in [4.78, 5) is 0. The molecule has 0 aliphatic carbocycles. The van der Waals surface area contributed by atoms with Gasteiger partial charge in [0.15, 0.2) is 0 Å². The second-order valence-corrected chi connectivity index (χ2v) is 5.62. The largest absolute Gasteiger partial charge is 0.496 e. The summed E-state index contributed by atoms with van der Waals surface area (Å²) in [6, 6.07) is 11.1. The fraction of sp³-hybridized carbons (Fsp3) is 0.294. The molecule has 3 rings (SSSR count). The zero-order chi connectivity index (χ0) is 14.8. The van der Waals surface area contributed by atoms with Gasteiger partial charge in [-0.3, -0.25) is 0 Å². The highest BCUT2D eigenvalue weighted by molar-refractivity contribution is 6.30. The average Bonchev–Trinajstić information content (AvgIpc) is 2.95. The topological polar surface area (TPSA) is 21.3 Å². The van der Waals surface area contributed by atoms with Crippen LogP contribution in [-0.2, 0) is 12.8 Å². The van der Waals surface area contributed by atoms with Crippen LogP contribution < -0.4 is 10.1 Å². The number of hydrogen-bond acceptors (Lipinski definition) is 2.